The summed E-state index contributed by atoms with van der Waals surface area (Å²) in [7, 11) is -1.24. The highest BCUT2D eigenvalue weighted by Crippen LogP contribution is 2.31. The molecular weight excluding hydrogens is 222 g/mol. The second kappa shape index (κ2) is 4.37. The molecule has 0 radical (unpaired) electrons. The van der Waals surface area contributed by atoms with Gasteiger partial charge < -0.3 is 13.7 Å². The Hall–Kier alpha value is -1.47. The van der Waals surface area contributed by atoms with Gasteiger partial charge in [-0.3, -0.25) is 0 Å². The van der Waals surface area contributed by atoms with Gasteiger partial charge in [0.2, 0.25) is 0 Å². The Morgan fingerprint density at radius 2 is 1.80 bits per heavy atom. The first-order valence-electron chi connectivity index (χ1n) is 3.90. The Kier molecular flexibility index (Phi) is 3.38. The van der Waals surface area contributed by atoms with Crippen LogP contribution in [0.4, 0.5) is 0 Å². The van der Waals surface area contributed by atoms with Crippen LogP contribution in [0.3, 0.4) is 0 Å². The van der Waals surface area contributed by atoms with E-state index in [2.05, 4.69) is 4.18 Å². The molecule has 0 spiro atoms. The lowest BCUT2D eigenvalue weighted by atomic mass is 10.3. The van der Waals surface area contributed by atoms with E-state index in [1.165, 1.54) is 26.4 Å². The van der Waals surface area contributed by atoms with Gasteiger partial charge in [0.1, 0.15) is 5.75 Å². The van der Waals surface area contributed by atoms with Crippen molar-refractivity contribution in [1.29, 1.82) is 0 Å². The van der Waals surface area contributed by atoms with Crippen molar-refractivity contribution in [2.24, 2.45) is 5.14 Å². The fraction of sp³-hybridized carbons (Fsp3) is 0.250. The van der Waals surface area contributed by atoms with Gasteiger partial charge in [-0.25, -0.2) is 0 Å². The Labute approximate surface area is 87.8 Å². The molecule has 15 heavy (non-hydrogen) atoms. The smallest absolute Gasteiger partial charge is 0.380 e. The van der Waals surface area contributed by atoms with Crippen molar-refractivity contribution in [3.63, 3.8) is 0 Å². The maximum absolute atomic E-state index is 10.7. The summed E-state index contributed by atoms with van der Waals surface area (Å²) < 4.78 is 35.8. The zero-order valence-electron chi connectivity index (χ0n) is 8.26. The van der Waals surface area contributed by atoms with Gasteiger partial charge in [-0.15, -0.1) is 0 Å². The molecule has 0 aliphatic heterocycles. The van der Waals surface area contributed by atoms with Crippen molar-refractivity contribution in [2.45, 2.75) is 0 Å². The quantitative estimate of drug-likeness (QED) is 0.807. The highest BCUT2D eigenvalue weighted by atomic mass is 32.2. The molecule has 0 amide bonds. The largest absolute Gasteiger partial charge is 0.497 e. The van der Waals surface area contributed by atoms with E-state index in [4.69, 9.17) is 14.6 Å². The van der Waals surface area contributed by atoms with Crippen molar-refractivity contribution in [3.8, 4) is 17.2 Å². The summed E-state index contributed by atoms with van der Waals surface area (Å²) in [5.74, 6) is 0.679. The first-order chi connectivity index (χ1) is 6.96. The summed E-state index contributed by atoms with van der Waals surface area (Å²) in [5, 5.41) is 4.74. The van der Waals surface area contributed by atoms with Crippen LogP contribution < -0.4 is 18.8 Å². The summed E-state index contributed by atoms with van der Waals surface area (Å²) in [6.45, 7) is 0. The Bertz CT molecular complexity index is 442. The fourth-order valence-corrected chi connectivity index (χ4v) is 1.35. The topological polar surface area (TPSA) is 87.8 Å². The number of hydrogen-bond acceptors (Lipinski definition) is 5. The van der Waals surface area contributed by atoms with Crippen LogP contribution >= 0.6 is 0 Å². The van der Waals surface area contributed by atoms with Crippen LogP contribution in [-0.2, 0) is 10.3 Å². The summed E-state index contributed by atoms with van der Waals surface area (Å²) in [6.07, 6.45) is 0. The highest BCUT2D eigenvalue weighted by molar-refractivity contribution is 7.84. The zero-order valence-corrected chi connectivity index (χ0v) is 9.08. The first kappa shape index (κ1) is 11.6. The van der Waals surface area contributed by atoms with Crippen LogP contribution in [0.15, 0.2) is 18.2 Å². The van der Waals surface area contributed by atoms with Gasteiger partial charge in [-0.1, -0.05) is 0 Å². The van der Waals surface area contributed by atoms with Gasteiger partial charge in [0.15, 0.2) is 11.5 Å². The predicted octanol–water partition coefficient (Wildman–Crippen LogP) is 0.286. The number of nitrogens with two attached hydrogens (primary N) is 1. The van der Waals surface area contributed by atoms with Crippen molar-refractivity contribution in [2.75, 3.05) is 14.2 Å². The standard InChI is InChI=1S/C8H11NO5S/c1-12-6-3-4-7(13-2)8(5-6)14-15(9,10)11/h3-5H,1-2H3,(H2,9,10,11). The number of hydrogen-bond donors (Lipinski definition) is 1. The minimum absolute atomic E-state index is 0.0145. The van der Waals surface area contributed by atoms with E-state index in [1.807, 2.05) is 0 Å². The maximum Gasteiger partial charge on any atom is 0.380 e. The molecule has 0 bridgehead atoms. The molecule has 0 fully saturated rings. The normalized spacial score (nSPS) is 10.9. The molecule has 1 aromatic carbocycles. The number of methoxy groups -OCH3 is 2. The second-order valence-electron chi connectivity index (χ2n) is 2.59. The lowest BCUT2D eigenvalue weighted by Gasteiger charge is -2.09. The van der Waals surface area contributed by atoms with Crippen molar-refractivity contribution in [1.82, 2.24) is 0 Å². The third-order valence-corrected chi connectivity index (χ3v) is 1.99. The zero-order chi connectivity index (χ0) is 11.5. The molecule has 1 rings (SSSR count). The first-order valence-corrected chi connectivity index (χ1v) is 5.37. The molecule has 0 saturated heterocycles. The van der Waals surface area contributed by atoms with Crippen LogP contribution in [0.5, 0.6) is 17.2 Å². The lowest BCUT2D eigenvalue weighted by molar-refractivity contribution is 0.382. The molecular formula is C8H11NO5S. The molecule has 6 nitrogen and oxygen atoms in total. The van der Waals surface area contributed by atoms with Gasteiger partial charge in [0.25, 0.3) is 0 Å². The molecule has 0 unspecified atom stereocenters. The average molecular weight is 233 g/mol. The Morgan fingerprint density at radius 3 is 2.27 bits per heavy atom. The van der Waals surface area contributed by atoms with Gasteiger partial charge in [-0.05, 0) is 12.1 Å². The van der Waals surface area contributed by atoms with Gasteiger partial charge >= 0.3 is 10.3 Å². The molecule has 0 atom stereocenters. The van der Waals surface area contributed by atoms with E-state index in [1.54, 1.807) is 6.07 Å². The molecule has 0 saturated carbocycles. The van der Waals surface area contributed by atoms with E-state index in [-0.39, 0.29) is 11.5 Å². The van der Waals surface area contributed by atoms with E-state index >= 15 is 0 Å². The van der Waals surface area contributed by atoms with Crippen LogP contribution in [-0.4, -0.2) is 22.6 Å². The molecule has 2 N–H and O–H groups in total. The molecule has 0 aromatic heterocycles. The third-order valence-electron chi connectivity index (χ3n) is 1.58. The lowest BCUT2D eigenvalue weighted by Crippen LogP contribution is -2.19. The van der Waals surface area contributed by atoms with Crippen LogP contribution in [0, 0.1) is 0 Å². The number of rotatable bonds is 4. The summed E-state index contributed by atoms with van der Waals surface area (Å²) in [5.41, 5.74) is 0. The van der Waals surface area contributed by atoms with Crippen molar-refractivity contribution < 1.29 is 22.1 Å². The average Bonchev–Trinajstić information content (AvgIpc) is 2.15. The summed E-state index contributed by atoms with van der Waals surface area (Å²) in [4.78, 5) is 0. The third kappa shape index (κ3) is 3.30. The SMILES string of the molecule is COc1ccc(OC)c(OS(N)(=O)=O)c1. The van der Waals surface area contributed by atoms with Gasteiger partial charge in [-0.2, -0.15) is 13.6 Å². The van der Waals surface area contributed by atoms with Gasteiger partial charge in [0.05, 0.1) is 14.2 Å². The van der Waals surface area contributed by atoms with E-state index in [0.717, 1.165) is 0 Å². The number of benzene rings is 1. The maximum atomic E-state index is 10.7. The monoisotopic (exact) mass is 233 g/mol. The van der Waals surface area contributed by atoms with Crippen molar-refractivity contribution in [3.05, 3.63) is 18.2 Å². The molecule has 0 aliphatic rings. The number of ether oxygens (including phenoxy) is 2. The van der Waals surface area contributed by atoms with Crippen LogP contribution in [0.1, 0.15) is 0 Å². The minimum atomic E-state index is -4.07. The Balaban J connectivity index is 3.12. The van der Waals surface area contributed by atoms with E-state index < -0.39 is 10.3 Å². The summed E-state index contributed by atoms with van der Waals surface area (Å²) in [6, 6.07) is 4.48. The summed E-state index contributed by atoms with van der Waals surface area (Å²) >= 11 is 0. The van der Waals surface area contributed by atoms with E-state index in [9.17, 15) is 8.42 Å². The minimum Gasteiger partial charge on any atom is -0.497 e. The van der Waals surface area contributed by atoms with Crippen LogP contribution in [0.25, 0.3) is 0 Å². The van der Waals surface area contributed by atoms with Crippen LogP contribution in [0.2, 0.25) is 0 Å². The molecule has 0 aliphatic carbocycles. The predicted molar refractivity (Wildman–Crippen MR) is 53.3 cm³/mol. The Morgan fingerprint density at radius 1 is 1.13 bits per heavy atom. The van der Waals surface area contributed by atoms with Crippen molar-refractivity contribution >= 4 is 10.3 Å². The molecule has 84 valence electrons. The highest BCUT2D eigenvalue weighted by Gasteiger charge is 2.12. The molecule has 0 heterocycles. The van der Waals surface area contributed by atoms with E-state index in [0.29, 0.717) is 5.75 Å². The second-order valence-corrected chi connectivity index (χ2v) is 3.75. The fourth-order valence-electron chi connectivity index (χ4n) is 0.974. The molecule has 7 heteroatoms. The van der Waals surface area contributed by atoms with Gasteiger partial charge in [0, 0.05) is 6.07 Å². The molecule has 1 aromatic rings.